The number of rotatable bonds is 6. The van der Waals surface area contributed by atoms with Crippen molar-refractivity contribution in [2.75, 3.05) is 6.61 Å². The molecule has 2 N–H and O–H groups in total. The van der Waals surface area contributed by atoms with Crippen molar-refractivity contribution in [2.24, 2.45) is 0 Å². The first-order valence-electron chi connectivity index (χ1n) is 5.83. The van der Waals surface area contributed by atoms with E-state index < -0.39 is 12.0 Å². The number of hydrogen-bond donors (Lipinski definition) is 2. The summed E-state index contributed by atoms with van der Waals surface area (Å²) in [6.07, 6.45) is 0.251. The van der Waals surface area contributed by atoms with Gasteiger partial charge in [-0.2, -0.15) is 0 Å². The van der Waals surface area contributed by atoms with Gasteiger partial charge in [0.1, 0.15) is 5.75 Å². The molecule has 18 heavy (non-hydrogen) atoms. The third-order valence-electron chi connectivity index (χ3n) is 2.40. The minimum absolute atomic E-state index is 0.251. The number of ether oxygens (including phenoxy) is 1. The van der Waals surface area contributed by atoms with Crippen LogP contribution >= 0.6 is 0 Å². The monoisotopic (exact) mass is 251 g/mol. The van der Waals surface area contributed by atoms with Crippen molar-refractivity contribution < 1.29 is 19.4 Å². The lowest BCUT2D eigenvalue weighted by molar-refractivity contribution is -0.142. The molecule has 0 aliphatic rings. The Morgan fingerprint density at radius 3 is 2.33 bits per heavy atom. The molecule has 0 bridgehead atoms. The largest absolute Gasteiger partial charge is 0.494 e. The van der Waals surface area contributed by atoms with Crippen LogP contribution in [0.2, 0.25) is 0 Å². The molecule has 1 aromatic rings. The Bertz CT molecular complexity index is 414. The molecule has 1 aromatic carbocycles. The molecule has 1 atom stereocenters. The Morgan fingerprint density at radius 2 is 1.89 bits per heavy atom. The van der Waals surface area contributed by atoms with E-state index in [1.807, 2.05) is 6.92 Å². The fraction of sp³-hybridized carbons (Fsp3) is 0.385. The molecule has 0 aromatic heterocycles. The van der Waals surface area contributed by atoms with Gasteiger partial charge in [0.25, 0.3) is 0 Å². The Kier molecular flexibility index (Phi) is 5.17. The standard InChI is InChI=1S/C13H17NO4/c1-3-11(15)14-12(13(16)17)9-5-7-10(8-6-9)18-4-2/h5-8,12H,3-4H2,1-2H3,(H,14,15)(H,16,17). The topological polar surface area (TPSA) is 75.6 Å². The summed E-state index contributed by atoms with van der Waals surface area (Å²) in [5, 5.41) is 11.6. The molecule has 1 amide bonds. The Morgan fingerprint density at radius 1 is 1.28 bits per heavy atom. The number of benzene rings is 1. The van der Waals surface area contributed by atoms with E-state index in [2.05, 4.69) is 5.32 Å². The second-order valence-corrected chi connectivity index (χ2v) is 3.69. The van der Waals surface area contributed by atoms with Crippen LogP contribution in [0.5, 0.6) is 5.75 Å². The van der Waals surface area contributed by atoms with Crippen LogP contribution in [0.4, 0.5) is 0 Å². The lowest BCUT2D eigenvalue weighted by Gasteiger charge is -2.14. The smallest absolute Gasteiger partial charge is 0.330 e. The fourth-order valence-corrected chi connectivity index (χ4v) is 1.47. The van der Waals surface area contributed by atoms with Crippen molar-refractivity contribution in [2.45, 2.75) is 26.3 Å². The summed E-state index contributed by atoms with van der Waals surface area (Å²) >= 11 is 0. The molecule has 0 aliphatic carbocycles. The highest BCUT2D eigenvalue weighted by atomic mass is 16.5. The van der Waals surface area contributed by atoms with Crippen LogP contribution in [-0.4, -0.2) is 23.6 Å². The zero-order chi connectivity index (χ0) is 13.5. The summed E-state index contributed by atoms with van der Waals surface area (Å²) in [6.45, 7) is 4.09. The van der Waals surface area contributed by atoms with Crippen molar-refractivity contribution in [3.63, 3.8) is 0 Å². The van der Waals surface area contributed by atoms with Crippen LogP contribution in [0.3, 0.4) is 0 Å². The van der Waals surface area contributed by atoms with Crippen molar-refractivity contribution in [3.8, 4) is 5.75 Å². The first-order valence-corrected chi connectivity index (χ1v) is 5.83. The fourth-order valence-electron chi connectivity index (χ4n) is 1.47. The predicted molar refractivity (Wildman–Crippen MR) is 66.4 cm³/mol. The number of carbonyl (C=O) groups is 2. The number of carbonyl (C=O) groups excluding carboxylic acids is 1. The molecule has 0 radical (unpaired) electrons. The van der Waals surface area contributed by atoms with Gasteiger partial charge in [-0.25, -0.2) is 4.79 Å². The lowest BCUT2D eigenvalue weighted by Crippen LogP contribution is -2.33. The third-order valence-corrected chi connectivity index (χ3v) is 2.40. The summed E-state index contributed by atoms with van der Waals surface area (Å²) in [5.41, 5.74) is 0.521. The number of nitrogens with one attached hydrogen (secondary N) is 1. The van der Waals surface area contributed by atoms with Crippen molar-refractivity contribution in [1.82, 2.24) is 5.32 Å². The summed E-state index contributed by atoms with van der Waals surface area (Å²) in [5.74, 6) is -0.704. The van der Waals surface area contributed by atoms with E-state index >= 15 is 0 Å². The van der Waals surface area contributed by atoms with Gasteiger partial charge in [0, 0.05) is 6.42 Å². The highest BCUT2D eigenvalue weighted by Crippen LogP contribution is 2.18. The molecule has 1 rings (SSSR count). The average Bonchev–Trinajstić information content (AvgIpc) is 2.37. The van der Waals surface area contributed by atoms with E-state index in [0.717, 1.165) is 0 Å². The zero-order valence-corrected chi connectivity index (χ0v) is 10.5. The number of amides is 1. The molecule has 1 unspecified atom stereocenters. The van der Waals surface area contributed by atoms with Crippen molar-refractivity contribution >= 4 is 11.9 Å². The SMILES string of the molecule is CCOc1ccc(C(NC(=O)CC)C(=O)O)cc1. The van der Waals surface area contributed by atoms with Crippen LogP contribution in [0, 0.1) is 0 Å². The molecule has 0 fully saturated rings. The maximum absolute atomic E-state index is 11.3. The predicted octanol–water partition coefficient (Wildman–Crippen LogP) is 1.74. The summed E-state index contributed by atoms with van der Waals surface area (Å²) < 4.78 is 5.27. The van der Waals surface area contributed by atoms with E-state index in [1.54, 1.807) is 31.2 Å². The van der Waals surface area contributed by atoms with Gasteiger partial charge in [-0.1, -0.05) is 19.1 Å². The molecular weight excluding hydrogens is 234 g/mol. The maximum atomic E-state index is 11.3. The van der Waals surface area contributed by atoms with Gasteiger partial charge in [0.2, 0.25) is 5.91 Å². The number of aliphatic carboxylic acids is 1. The van der Waals surface area contributed by atoms with E-state index in [1.165, 1.54) is 0 Å². The average molecular weight is 251 g/mol. The molecular formula is C13H17NO4. The molecule has 98 valence electrons. The number of hydrogen-bond acceptors (Lipinski definition) is 3. The summed E-state index contributed by atoms with van der Waals surface area (Å²) in [4.78, 5) is 22.4. The maximum Gasteiger partial charge on any atom is 0.330 e. The highest BCUT2D eigenvalue weighted by Gasteiger charge is 2.21. The molecule has 5 nitrogen and oxygen atoms in total. The molecule has 5 heteroatoms. The lowest BCUT2D eigenvalue weighted by atomic mass is 10.1. The Hall–Kier alpha value is -2.04. The molecule has 0 saturated carbocycles. The van der Waals surface area contributed by atoms with E-state index in [-0.39, 0.29) is 12.3 Å². The van der Waals surface area contributed by atoms with Crippen LogP contribution in [-0.2, 0) is 9.59 Å². The van der Waals surface area contributed by atoms with Crippen LogP contribution in [0.15, 0.2) is 24.3 Å². The Labute approximate surface area is 106 Å². The summed E-state index contributed by atoms with van der Waals surface area (Å²) in [7, 11) is 0. The van der Waals surface area contributed by atoms with Crippen LogP contribution in [0.25, 0.3) is 0 Å². The second kappa shape index (κ2) is 6.64. The van der Waals surface area contributed by atoms with Crippen molar-refractivity contribution in [1.29, 1.82) is 0 Å². The molecule has 0 heterocycles. The van der Waals surface area contributed by atoms with Gasteiger partial charge in [-0.05, 0) is 24.6 Å². The van der Waals surface area contributed by atoms with E-state index in [4.69, 9.17) is 9.84 Å². The third kappa shape index (κ3) is 3.76. The molecule has 0 aliphatic heterocycles. The molecule has 0 saturated heterocycles. The molecule has 0 spiro atoms. The van der Waals surface area contributed by atoms with Gasteiger partial charge in [0.05, 0.1) is 6.61 Å². The van der Waals surface area contributed by atoms with Crippen LogP contribution in [0.1, 0.15) is 31.9 Å². The second-order valence-electron chi connectivity index (χ2n) is 3.69. The van der Waals surface area contributed by atoms with E-state index in [9.17, 15) is 9.59 Å². The number of carboxylic acids is 1. The van der Waals surface area contributed by atoms with Gasteiger partial charge in [-0.3, -0.25) is 4.79 Å². The number of carboxylic acid groups (broad SMARTS) is 1. The minimum atomic E-state index is -1.08. The van der Waals surface area contributed by atoms with Crippen molar-refractivity contribution in [3.05, 3.63) is 29.8 Å². The first-order chi connectivity index (χ1) is 8.58. The highest BCUT2D eigenvalue weighted by molar-refractivity contribution is 5.84. The minimum Gasteiger partial charge on any atom is -0.494 e. The van der Waals surface area contributed by atoms with Crippen LogP contribution < -0.4 is 10.1 Å². The first kappa shape index (κ1) is 14.0. The Balaban J connectivity index is 2.85. The normalized spacial score (nSPS) is 11.7. The zero-order valence-electron chi connectivity index (χ0n) is 10.5. The van der Waals surface area contributed by atoms with Gasteiger partial charge in [-0.15, -0.1) is 0 Å². The van der Waals surface area contributed by atoms with E-state index in [0.29, 0.717) is 17.9 Å². The quantitative estimate of drug-likeness (QED) is 0.807. The summed E-state index contributed by atoms with van der Waals surface area (Å²) in [6, 6.07) is 5.63. The van der Waals surface area contributed by atoms with Gasteiger partial charge < -0.3 is 15.2 Å². The van der Waals surface area contributed by atoms with Gasteiger partial charge >= 0.3 is 5.97 Å². The van der Waals surface area contributed by atoms with Gasteiger partial charge in [0.15, 0.2) is 6.04 Å².